The summed E-state index contributed by atoms with van der Waals surface area (Å²) in [7, 11) is 0. The fourth-order valence-electron chi connectivity index (χ4n) is 3.35. The van der Waals surface area contributed by atoms with E-state index in [2.05, 4.69) is 0 Å². The average molecular weight is 347 g/mol. The number of hydrogen-bond donors (Lipinski definition) is 0. The van der Waals surface area contributed by atoms with E-state index in [1.54, 1.807) is 17.0 Å². The Hall–Kier alpha value is -2.30. The number of halogens is 3. The van der Waals surface area contributed by atoms with Gasteiger partial charge in [-0.05, 0) is 61.4 Å². The second-order valence-corrected chi connectivity index (χ2v) is 6.53. The van der Waals surface area contributed by atoms with Crippen molar-refractivity contribution in [3.63, 3.8) is 0 Å². The van der Waals surface area contributed by atoms with Crippen molar-refractivity contribution in [3.8, 4) is 0 Å². The summed E-state index contributed by atoms with van der Waals surface area (Å²) < 4.78 is 40.1. The summed E-state index contributed by atoms with van der Waals surface area (Å²) in [6, 6.07) is 10.1. The van der Waals surface area contributed by atoms with Gasteiger partial charge in [-0.2, -0.15) is 0 Å². The molecule has 25 heavy (non-hydrogen) atoms. The Morgan fingerprint density at radius 3 is 2.60 bits per heavy atom. The Kier molecular flexibility index (Phi) is 5.41. The van der Waals surface area contributed by atoms with Crippen molar-refractivity contribution < 1.29 is 18.0 Å². The van der Waals surface area contributed by atoms with Gasteiger partial charge in [-0.3, -0.25) is 4.79 Å². The van der Waals surface area contributed by atoms with Gasteiger partial charge in [0.2, 0.25) is 0 Å². The number of amides is 1. The van der Waals surface area contributed by atoms with E-state index in [0.29, 0.717) is 19.0 Å². The summed E-state index contributed by atoms with van der Waals surface area (Å²) in [5.41, 5.74) is 0.847. The lowest BCUT2D eigenvalue weighted by Crippen LogP contribution is -2.40. The lowest BCUT2D eigenvalue weighted by molar-refractivity contribution is 0.0662. The molecule has 0 aliphatic carbocycles. The predicted molar refractivity (Wildman–Crippen MR) is 89.7 cm³/mol. The molecule has 2 aromatic carbocycles. The predicted octanol–water partition coefficient (Wildman–Crippen LogP) is 4.59. The van der Waals surface area contributed by atoms with Crippen LogP contribution >= 0.6 is 0 Å². The highest BCUT2D eigenvalue weighted by Crippen LogP contribution is 2.24. The Morgan fingerprint density at radius 1 is 1.08 bits per heavy atom. The van der Waals surface area contributed by atoms with Gasteiger partial charge in [0.05, 0.1) is 5.56 Å². The molecular formula is C20H20F3NO. The molecule has 2 nitrogen and oxygen atoms in total. The summed E-state index contributed by atoms with van der Waals surface area (Å²) in [6.07, 6.45) is 3.52. The van der Waals surface area contributed by atoms with Gasteiger partial charge in [0.15, 0.2) is 11.6 Å². The van der Waals surface area contributed by atoms with Crippen LogP contribution in [0.2, 0.25) is 0 Å². The topological polar surface area (TPSA) is 20.3 Å². The Labute approximate surface area is 145 Å². The summed E-state index contributed by atoms with van der Waals surface area (Å²) >= 11 is 0. The highest BCUT2D eigenvalue weighted by atomic mass is 19.2. The fourth-order valence-corrected chi connectivity index (χ4v) is 3.35. The van der Waals surface area contributed by atoms with Crippen LogP contribution in [0.3, 0.4) is 0 Å². The molecule has 0 spiro atoms. The molecule has 1 saturated heterocycles. The minimum Gasteiger partial charge on any atom is -0.338 e. The van der Waals surface area contributed by atoms with Gasteiger partial charge in [-0.25, -0.2) is 13.2 Å². The van der Waals surface area contributed by atoms with Crippen molar-refractivity contribution in [2.45, 2.75) is 25.7 Å². The molecule has 132 valence electrons. The van der Waals surface area contributed by atoms with Crippen LogP contribution in [0, 0.1) is 23.4 Å². The number of rotatable bonds is 4. The molecule has 1 atom stereocenters. The highest BCUT2D eigenvalue weighted by Gasteiger charge is 2.26. The van der Waals surface area contributed by atoms with Crippen LogP contribution in [0.5, 0.6) is 0 Å². The highest BCUT2D eigenvalue weighted by molar-refractivity contribution is 5.94. The van der Waals surface area contributed by atoms with Gasteiger partial charge in [-0.15, -0.1) is 0 Å². The molecule has 3 rings (SSSR count). The number of hydrogen-bond acceptors (Lipinski definition) is 1. The first kappa shape index (κ1) is 17.5. The molecule has 1 unspecified atom stereocenters. The molecule has 1 amide bonds. The van der Waals surface area contributed by atoms with Crippen LogP contribution in [0.25, 0.3) is 0 Å². The van der Waals surface area contributed by atoms with E-state index in [-0.39, 0.29) is 11.4 Å². The zero-order valence-electron chi connectivity index (χ0n) is 13.9. The van der Waals surface area contributed by atoms with Crippen molar-refractivity contribution in [1.29, 1.82) is 0 Å². The van der Waals surface area contributed by atoms with Gasteiger partial charge < -0.3 is 4.90 Å². The monoisotopic (exact) mass is 347 g/mol. The molecule has 1 aliphatic heterocycles. The van der Waals surface area contributed by atoms with E-state index < -0.39 is 17.5 Å². The summed E-state index contributed by atoms with van der Waals surface area (Å²) in [5, 5.41) is 0. The van der Waals surface area contributed by atoms with Crippen molar-refractivity contribution in [2.24, 2.45) is 5.92 Å². The van der Waals surface area contributed by atoms with Crippen molar-refractivity contribution in [3.05, 3.63) is 71.0 Å². The van der Waals surface area contributed by atoms with E-state index in [1.807, 2.05) is 0 Å². The number of likely N-dealkylation sites (tertiary alicyclic amines) is 1. The number of carbonyl (C=O) groups excluding carboxylic acids is 1. The molecule has 1 aliphatic rings. The first-order valence-electron chi connectivity index (χ1n) is 8.52. The van der Waals surface area contributed by atoms with E-state index >= 15 is 0 Å². The van der Waals surface area contributed by atoms with Gasteiger partial charge in [0.1, 0.15) is 5.82 Å². The third-order valence-corrected chi connectivity index (χ3v) is 4.74. The van der Waals surface area contributed by atoms with E-state index in [4.69, 9.17) is 0 Å². The zero-order chi connectivity index (χ0) is 17.8. The first-order valence-corrected chi connectivity index (χ1v) is 8.52. The molecule has 0 bridgehead atoms. The van der Waals surface area contributed by atoms with Gasteiger partial charge in [-0.1, -0.05) is 18.2 Å². The van der Waals surface area contributed by atoms with Crippen LogP contribution in [0.1, 0.15) is 35.2 Å². The Bertz CT molecular complexity index is 745. The molecule has 1 heterocycles. The maximum atomic E-state index is 13.9. The maximum Gasteiger partial charge on any atom is 0.256 e. The lowest BCUT2D eigenvalue weighted by Gasteiger charge is -2.33. The molecular weight excluding hydrogens is 327 g/mol. The second-order valence-electron chi connectivity index (χ2n) is 6.53. The molecule has 2 aromatic rings. The Morgan fingerprint density at radius 2 is 1.84 bits per heavy atom. The minimum atomic E-state index is -1.08. The van der Waals surface area contributed by atoms with Crippen LogP contribution in [0.15, 0.2) is 42.5 Å². The number of benzene rings is 2. The third-order valence-electron chi connectivity index (χ3n) is 4.74. The van der Waals surface area contributed by atoms with Crippen LogP contribution in [0.4, 0.5) is 13.2 Å². The van der Waals surface area contributed by atoms with Gasteiger partial charge in [0, 0.05) is 13.1 Å². The average Bonchev–Trinajstić information content (AvgIpc) is 2.63. The second kappa shape index (κ2) is 7.72. The minimum absolute atomic E-state index is 0.209. The number of piperidine rings is 1. The van der Waals surface area contributed by atoms with Crippen molar-refractivity contribution in [1.82, 2.24) is 4.90 Å². The molecule has 5 heteroatoms. The van der Waals surface area contributed by atoms with E-state index in [9.17, 15) is 18.0 Å². The summed E-state index contributed by atoms with van der Waals surface area (Å²) in [6.45, 7) is 1.10. The molecule has 0 N–H and O–H groups in total. The van der Waals surface area contributed by atoms with Crippen LogP contribution in [-0.2, 0) is 6.42 Å². The molecule has 0 radical (unpaired) electrons. The van der Waals surface area contributed by atoms with Crippen molar-refractivity contribution in [2.75, 3.05) is 13.1 Å². The fraction of sp³-hybridized carbons (Fsp3) is 0.350. The van der Waals surface area contributed by atoms with Crippen molar-refractivity contribution >= 4 is 5.91 Å². The standard InChI is InChI=1S/C20H20F3NO/c21-16-10-8-14(9-11-16)6-7-15-3-2-12-24(13-15)20(25)17-4-1-5-18(22)19(17)23/h1,4-5,8-11,15H,2-3,6-7,12-13H2. The van der Waals surface area contributed by atoms with Crippen LogP contribution < -0.4 is 0 Å². The van der Waals surface area contributed by atoms with E-state index in [1.165, 1.54) is 24.3 Å². The molecule has 0 saturated carbocycles. The number of aryl methyl sites for hydroxylation is 1. The number of nitrogens with zero attached hydrogens (tertiary/aromatic N) is 1. The smallest absolute Gasteiger partial charge is 0.256 e. The Balaban J connectivity index is 1.61. The van der Waals surface area contributed by atoms with Gasteiger partial charge >= 0.3 is 0 Å². The van der Waals surface area contributed by atoms with Crippen LogP contribution in [-0.4, -0.2) is 23.9 Å². The largest absolute Gasteiger partial charge is 0.338 e. The lowest BCUT2D eigenvalue weighted by atomic mass is 9.91. The SMILES string of the molecule is O=C(c1cccc(F)c1F)N1CCCC(CCc2ccc(F)cc2)C1. The molecule has 0 aromatic heterocycles. The quantitative estimate of drug-likeness (QED) is 0.792. The number of carbonyl (C=O) groups is 1. The molecule has 1 fully saturated rings. The summed E-state index contributed by atoms with van der Waals surface area (Å²) in [4.78, 5) is 14.1. The third kappa shape index (κ3) is 4.21. The maximum absolute atomic E-state index is 13.9. The van der Waals surface area contributed by atoms with E-state index in [0.717, 1.165) is 37.3 Å². The zero-order valence-corrected chi connectivity index (χ0v) is 13.9. The summed E-state index contributed by atoms with van der Waals surface area (Å²) in [5.74, 6) is -2.49. The first-order chi connectivity index (χ1) is 12.0. The van der Waals surface area contributed by atoms with Gasteiger partial charge in [0.25, 0.3) is 5.91 Å². The normalized spacial score (nSPS) is 17.6.